The molecular formula is C15H21N3O. The van der Waals surface area contributed by atoms with Crippen LogP contribution in [-0.4, -0.2) is 17.2 Å². The van der Waals surface area contributed by atoms with Crippen molar-refractivity contribution in [1.29, 1.82) is 0 Å². The summed E-state index contributed by atoms with van der Waals surface area (Å²) in [6.45, 7) is 6.62. The van der Waals surface area contributed by atoms with Crippen molar-refractivity contribution in [3.8, 4) is 0 Å². The average molecular weight is 259 g/mol. The van der Waals surface area contributed by atoms with Crippen molar-refractivity contribution in [3.05, 3.63) is 42.1 Å². The number of pyridine rings is 1. The molecule has 1 atom stereocenters. The molecule has 0 aliphatic heterocycles. The molecule has 1 unspecified atom stereocenters. The first kappa shape index (κ1) is 13.9. The lowest BCUT2D eigenvalue weighted by molar-refractivity contribution is -0.0148. The molecule has 1 aromatic carbocycles. The number of nitrogens with two attached hydrogens (primary N) is 1. The number of aromatic nitrogens is 1. The molecule has 0 radical (unpaired) electrons. The van der Waals surface area contributed by atoms with Gasteiger partial charge >= 0.3 is 0 Å². The number of hydrazine groups is 1. The molecule has 0 fully saturated rings. The van der Waals surface area contributed by atoms with E-state index in [1.807, 2.05) is 39.0 Å². The fraction of sp³-hybridized carbons (Fsp3) is 0.400. The largest absolute Gasteiger partial charge is 0.374 e. The number of benzene rings is 1. The van der Waals surface area contributed by atoms with Crippen molar-refractivity contribution in [2.45, 2.75) is 32.4 Å². The van der Waals surface area contributed by atoms with Gasteiger partial charge in [-0.1, -0.05) is 18.2 Å². The number of hydrogen-bond acceptors (Lipinski definition) is 4. The van der Waals surface area contributed by atoms with E-state index >= 15 is 0 Å². The van der Waals surface area contributed by atoms with Crippen LogP contribution in [0.3, 0.4) is 0 Å². The number of rotatable bonds is 4. The van der Waals surface area contributed by atoms with E-state index in [1.165, 1.54) is 0 Å². The van der Waals surface area contributed by atoms with Crippen LogP contribution in [0.1, 0.15) is 32.4 Å². The zero-order valence-corrected chi connectivity index (χ0v) is 11.7. The first-order chi connectivity index (χ1) is 8.99. The highest BCUT2D eigenvalue weighted by molar-refractivity contribution is 5.78. The highest BCUT2D eigenvalue weighted by Crippen LogP contribution is 2.20. The Hall–Kier alpha value is -1.49. The summed E-state index contributed by atoms with van der Waals surface area (Å²) < 4.78 is 5.79. The van der Waals surface area contributed by atoms with Gasteiger partial charge in [0.1, 0.15) is 0 Å². The van der Waals surface area contributed by atoms with E-state index in [4.69, 9.17) is 10.6 Å². The normalized spacial score (nSPS) is 13.7. The standard InChI is InChI=1S/C15H21N3O/c1-15(2,3)19-10-14(18-16)12-7-6-11-5-4-8-17-13(11)9-12/h4-9,14,18H,10,16H2,1-3H3. The lowest BCUT2D eigenvalue weighted by Crippen LogP contribution is -2.34. The summed E-state index contributed by atoms with van der Waals surface area (Å²) in [6.07, 6.45) is 1.79. The minimum Gasteiger partial charge on any atom is -0.374 e. The van der Waals surface area contributed by atoms with Gasteiger partial charge in [0.15, 0.2) is 0 Å². The molecule has 0 aliphatic rings. The van der Waals surface area contributed by atoms with Gasteiger partial charge in [-0.25, -0.2) is 0 Å². The molecule has 2 rings (SSSR count). The van der Waals surface area contributed by atoms with Crippen molar-refractivity contribution < 1.29 is 4.74 Å². The lowest BCUT2D eigenvalue weighted by Gasteiger charge is -2.24. The Morgan fingerprint density at radius 3 is 2.79 bits per heavy atom. The van der Waals surface area contributed by atoms with Crippen LogP contribution in [0.25, 0.3) is 10.9 Å². The first-order valence-corrected chi connectivity index (χ1v) is 6.44. The van der Waals surface area contributed by atoms with Crippen molar-refractivity contribution in [2.75, 3.05) is 6.61 Å². The highest BCUT2D eigenvalue weighted by Gasteiger charge is 2.16. The molecule has 102 valence electrons. The van der Waals surface area contributed by atoms with Crippen LogP contribution in [0, 0.1) is 0 Å². The topological polar surface area (TPSA) is 60.2 Å². The van der Waals surface area contributed by atoms with E-state index in [9.17, 15) is 0 Å². The van der Waals surface area contributed by atoms with Gasteiger partial charge in [-0.05, 0) is 38.5 Å². The van der Waals surface area contributed by atoms with E-state index in [0.29, 0.717) is 6.61 Å². The molecule has 0 amide bonds. The molecule has 0 spiro atoms. The summed E-state index contributed by atoms with van der Waals surface area (Å²) in [7, 11) is 0. The predicted octanol–water partition coefficient (Wildman–Crippen LogP) is 2.55. The minimum absolute atomic E-state index is 0.0365. The number of ether oxygens (including phenoxy) is 1. The van der Waals surface area contributed by atoms with Crippen LogP contribution < -0.4 is 11.3 Å². The number of fused-ring (bicyclic) bond motifs is 1. The van der Waals surface area contributed by atoms with Gasteiger partial charge in [0, 0.05) is 11.6 Å². The third-order valence-electron chi connectivity index (χ3n) is 2.92. The number of nitrogens with one attached hydrogen (secondary N) is 1. The second-order valence-corrected chi connectivity index (χ2v) is 5.60. The van der Waals surface area contributed by atoms with Gasteiger partial charge in [0.2, 0.25) is 0 Å². The SMILES string of the molecule is CC(C)(C)OCC(NN)c1ccc2cccnc2c1. The predicted molar refractivity (Wildman–Crippen MR) is 77.5 cm³/mol. The molecule has 0 bridgehead atoms. The molecule has 0 saturated heterocycles. The van der Waals surface area contributed by atoms with Gasteiger partial charge < -0.3 is 4.74 Å². The molecule has 19 heavy (non-hydrogen) atoms. The maximum atomic E-state index is 5.79. The maximum absolute atomic E-state index is 5.79. The van der Waals surface area contributed by atoms with Crippen LogP contribution in [0.5, 0.6) is 0 Å². The Morgan fingerprint density at radius 1 is 1.32 bits per heavy atom. The fourth-order valence-electron chi connectivity index (χ4n) is 1.87. The molecule has 1 heterocycles. The quantitative estimate of drug-likeness (QED) is 0.654. The van der Waals surface area contributed by atoms with Gasteiger partial charge in [-0.2, -0.15) is 0 Å². The zero-order valence-electron chi connectivity index (χ0n) is 11.7. The average Bonchev–Trinajstić information content (AvgIpc) is 2.38. The van der Waals surface area contributed by atoms with E-state index < -0.39 is 0 Å². The van der Waals surface area contributed by atoms with Gasteiger partial charge in [-0.15, -0.1) is 0 Å². The second kappa shape index (κ2) is 5.65. The Balaban J connectivity index is 2.20. The van der Waals surface area contributed by atoms with Crippen LogP contribution in [0.15, 0.2) is 36.5 Å². The van der Waals surface area contributed by atoms with E-state index in [0.717, 1.165) is 16.5 Å². The van der Waals surface area contributed by atoms with Crippen molar-refractivity contribution in [1.82, 2.24) is 10.4 Å². The monoisotopic (exact) mass is 259 g/mol. The smallest absolute Gasteiger partial charge is 0.0705 e. The van der Waals surface area contributed by atoms with Crippen LogP contribution in [-0.2, 0) is 4.74 Å². The molecule has 4 heteroatoms. The van der Waals surface area contributed by atoms with Crippen molar-refractivity contribution in [3.63, 3.8) is 0 Å². The Morgan fingerprint density at radius 2 is 2.11 bits per heavy atom. The summed E-state index contributed by atoms with van der Waals surface area (Å²) in [4.78, 5) is 4.36. The van der Waals surface area contributed by atoms with E-state index in [-0.39, 0.29) is 11.6 Å². The van der Waals surface area contributed by atoms with Gasteiger partial charge in [-0.3, -0.25) is 16.3 Å². The van der Waals surface area contributed by atoms with Crippen LogP contribution in [0.4, 0.5) is 0 Å². The minimum atomic E-state index is -0.176. The van der Waals surface area contributed by atoms with Gasteiger partial charge in [0.25, 0.3) is 0 Å². The van der Waals surface area contributed by atoms with Gasteiger partial charge in [0.05, 0.1) is 23.8 Å². The van der Waals surface area contributed by atoms with E-state index in [2.05, 4.69) is 22.5 Å². The summed E-state index contributed by atoms with van der Waals surface area (Å²) in [6, 6.07) is 10.1. The third-order valence-corrected chi connectivity index (χ3v) is 2.92. The molecule has 4 nitrogen and oxygen atoms in total. The zero-order chi connectivity index (χ0) is 13.9. The molecule has 2 aromatic rings. The van der Waals surface area contributed by atoms with Crippen LogP contribution >= 0.6 is 0 Å². The molecule has 0 saturated carbocycles. The van der Waals surface area contributed by atoms with E-state index in [1.54, 1.807) is 6.20 Å². The van der Waals surface area contributed by atoms with Crippen LogP contribution in [0.2, 0.25) is 0 Å². The second-order valence-electron chi connectivity index (χ2n) is 5.60. The lowest BCUT2D eigenvalue weighted by atomic mass is 10.1. The number of nitrogens with zero attached hydrogens (tertiary/aromatic N) is 1. The highest BCUT2D eigenvalue weighted by atomic mass is 16.5. The summed E-state index contributed by atoms with van der Waals surface area (Å²) >= 11 is 0. The fourth-order valence-corrected chi connectivity index (χ4v) is 1.87. The Labute approximate surface area is 113 Å². The van der Waals surface area contributed by atoms with Crippen molar-refractivity contribution in [2.24, 2.45) is 5.84 Å². The maximum Gasteiger partial charge on any atom is 0.0705 e. The molecule has 1 aromatic heterocycles. The first-order valence-electron chi connectivity index (χ1n) is 6.44. The Bertz CT molecular complexity index is 548. The summed E-state index contributed by atoms with van der Waals surface area (Å²) in [5.74, 6) is 5.63. The Kier molecular flexibility index (Phi) is 4.14. The third kappa shape index (κ3) is 3.73. The summed E-state index contributed by atoms with van der Waals surface area (Å²) in [5.41, 5.74) is 4.68. The molecule has 0 aliphatic carbocycles. The van der Waals surface area contributed by atoms with Crippen molar-refractivity contribution >= 4 is 10.9 Å². The number of hydrogen-bond donors (Lipinski definition) is 2. The summed E-state index contributed by atoms with van der Waals surface area (Å²) in [5, 5.41) is 1.12. The molecular weight excluding hydrogens is 238 g/mol. The molecule has 3 N–H and O–H groups in total.